The van der Waals surface area contributed by atoms with Gasteiger partial charge < -0.3 is 9.55 Å². The summed E-state index contributed by atoms with van der Waals surface area (Å²) in [6.07, 6.45) is 0. The van der Waals surface area contributed by atoms with Crippen molar-refractivity contribution in [2.75, 3.05) is 0 Å². The highest BCUT2D eigenvalue weighted by Crippen LogP contribution is 2.23. The van der Waals surface area contributed by atoms with Gasteiger partial charge in [-0.05, 0) is 18.3 Å². The smallest absolute Gasteiger partial charge is 0.178 e. The SMILES string of the molecule is C=C(Br)Cn1c(=S)[nH]c2cc(F)c(Cl)cc21. The molecule has 0 radical (unpaired) electrons. The van der Waals surface area contributed by atoms with E-state index in [1.54, 1.807) is 10.6 Å². The molecule has 0 atom stereocenters. The summed E-state index contributed by atoms with van der Waals surface area (Å²) in [4.78, 5) is 2.92. The van der Waals surface area contributed by atoms with Gasteiger partial charge in [0.2, 0.25) is 0 Å². The van der Waals surface area contributed by atoms with E-state index in [1.165, 1.54) is 6.07 Å². The number of H-pyrrole nitrogens is 1. The number of fused-ring (bicyclic) bond motifs is 1. The highest BCUT2D eigenvalue weighted by Gasteiger charge is 2.09. The van der Waals surface area contributed by atoms with E-state index in [0.29, 0.717) is 16.8 Å². The summed E-state index contributed by atoms with van der Waals surface area (Å²) in [5.41, 5.74) is 1.39. The van der Waals surface area contributed by atoms with Crippen LogP contribution in [-0.2, 0) is 6.54 Å². The molecule has 16 heavy (non-hydrogen) atoms. The fourth-order valence-corrected chi connectivity index (χ4v) is 2.16. The zero-order valence-corrected chi connectivity index (χ0v) is 11.2. The summed E-state index contributed by atoms with van der Waals surface area (Å²) in [5.74, 6) is -0.463. The number of nitrogens with zero attached hydrogens (tertiary/aromatic N) is 1. The van der Waals surface area contributed by atoms with Crippen molar-refractivity contribution in [2.45, 2.75) is 6.54 Å². The van der Waals surface area contributed by atoms with Crippen LogP contribution in [0, 0.1) is 10.6 Å². The number of halogens is 3. The first-order valence-electron chi connectivity index (χ1n) is 4.40. The van der Waals surface area contributed by atoms with Crippen LogP contribution in [0.3, 0.4) is 0 Å². The number of aromatic amines is 1. The van der Waals surface area contributed by atoms with Gasteiger partial charge in [-0.2, -0.15) is 0 Å². The van der Waals surface area contributed by atoms with Crippen molar-refractivity contribution < 1.29 is 4.39 Å². The summed E-state index contributed by atoms with van der Waals surface area (Å²) in [6.45, 7) is 4.26. The maximum Gasteiger partial charge on any atom is 0.178 e. The summed E-state index contributed by atoms with van der Waals surface area (Å²) in [6, 6.07) is 2.88. The Hall–Kier alpha value is -0.650. The summed E-state index contributed by atoms with van der Waals surface area (Å²) < 4.78 is 16.3. The molecule has 0 aliphatic carbocycles. The van der Waals surface area contributed by atoms with E-state index in [4.69, 9.17) is 23.8 Å². The quantitative estimate of drug-likeness (QED) is 0.813. The molecule has 1 heterocycles. The van der Waals surface area contributed by atoms with Crippen LogP contribution in [0.5, 0.6) is 0 Å². The van der Waals surface area contributed by atoms with Gasteiger partial charge >= 0.3 is 0 Å². The molecule has 0 aliphatic heterocycles. The maximum absolute atomic E-state index is 13.2. The predicted molar refractivity (Wildman–Crippen MR) is 70.2 cm³/mol. The predicted octanol–water partition coefficient (Wildman–Crippen LogP) is 4.40. The molecule has 0 saturated carbocycles. The van der Waals surface area contributed by atoms with Crippen molar-refractivity contribution in [3.8, 4) is 0 Å². The van der Waals surface area contributed by atoms with Crippen LogP contribution >= 0.6 is 39.7 Å². The summed E-state index contributed by atoms with van der Waals surface area (Å²) >= 11 is 14.1. The molecule has 1 N–H and O–H groups in total. The minimum Gasteiger partial charge on any atom is -0.330 e. The molecule has 0 saturated heterocycles. The average Bonchev–Trinajstić information content (AvgIpc) is 2.45. The van der Waals surface area contributed by atoms with Gasteiger partial charge in [-0.3, -0.25) is 0 Å². The van der Waals surface area contributed by atoms with Gasteiger partial charge in [-0.1, -0.05) is 34.1 Å². The van der Waals surface area contributed by atoms with Crippen LogP contribution in [0.1, 0.15) is 0 Å². The van der Waals surface area contributed by atoms with E-state index in [2.05, 4.69) is 27.5 Å². The van der Waals surface area contributed by atoms with Crippen LogP contribution < -0.4 is 0 Å². The first kappa shape index (κ1) is 11.8. The molecule has 1 aromatic carbocycles. The number of rotatable bonds is 2. The first-order valence-corrected chi connectivity index (χ1v) is 5.98. The Labute approximate surface area is 110 Å². The van der Waals surface area contributed by atoms with Gasteiger partial charge in [0, 0.05) is 10.5 Å². The van der Waals surface area contributed by atoms with Crippen LogP contribution in [-0.4, -0.2) is 9.55 Å². The second kappa shape index (κ2) is 4.31. The summed E-state index contributed by atoms with van der Waals surface area (Å²) in [7, 11) is 0. The second-order valence-electron chi connectivity index (χ2n) is 3.32. The molecule has 2 aromatic rings. The van der Waals surface area contributed by atoms with E-state index in [0.717, 1.165) is 10.00 Å². The number of allylic oxidation sites excluding steroid dienone is 1. The normalized spacial score (nSPS) is 10.9. The molecule has 84 valence electrons. The highest BCUT2D eigenvalue weighted by atomic mass is 79.9. The maximum atomic E-state index is 13.2. The Balaban J connectivity index is 2.74. The number of hydrogen-bond donors (Lipinski definition) is 1. The number of benzene rings is 1. The molecule has 1 aromatic heterocycles. The molecule has 0 spiro atoms. The lowest BCUT2D eigenvalue weighted by atomic mass is 10.3. The highest BCUT2D eigenvalue weighted by molar-refractivity contribution is 9.11. The van der Waals surface area contributed by atoms with Gasteiger partial charge in [0.1, 0.15) is 5.82 Å². The monoisotopic (exact) mass is 320 g/mol. The fourth-order valence-electron chi connectivity index (χ4n) is 1.48. The third kappa shape index (κ3) is 2.07. The van der Waals surface area contributed by atoms with Crippen LogP contribution in [0.15, 0.2) is 23.2 Å². The molecular weight excluding hydrogens is 315 g/mol. The van der Waals surface area contributed by atoms with Crippen molar-refractivity contribution in [1.82, 2.24) is 9.55 Å². The van der Waals surface area contributed by atoms with Gasteiger partial charge in [0.05, 0.1) is 22.6 Å². The van der Waals surface area contributed by atoms with Crippen molar-refractivity contribution in [3.05, 3.63) is 38.8 Å². The lowest BCUT2D eigenvalue weighted by Crippen LogP contribution is -1.97. The lowest BCUT2D eigenvalue weighted by molar-refractivity contribution is 0.629. The largest absolute Gasteiger partial charge is 0.330 e. The van der Waals surface area contributed by atoms with Gasteiger partial charge in [0.15, 0.2) is 4.77 Å². The van der Waals surface area contributed by atoms with E-state index in [1.807, 2.05) is 0 Å². The molecule has 0 unspecified atom stereocenters. The number of imidazole rings is 1. The van der Waals surface area contributed by atoms with Gasteiger partial charge in [-0.15, -0.1) is 0 Å². The number of aromatic nitrogens is 2. The molecule has 2 rings (SSSR count). The number of nitrogens with one attached hydrogen (secondary N) is 1. The van der Waals surface area contributed by atoms with Crippen LogP contribution in [0.4, 0.5) is 4.39 Å². The Bertz CT molecular complexity index is 632. The van der Waals surface area contributed by atoms with E-state index < -0.39 is 5.82 Å². The minimum absolute atomic E-state index is 0.0791. The Kier molecular flexibility index (Phi) is 3.19. The van der Waals surface area contributed by atoms with Gasteiger partial charge in [0.25, 0.3) is 0 Å². The van der Waals surface area contributed by atoms with Crippen LogP contribution in [0.2, 0.25) is 5.02 Å². The molecular formula is C10H7BrClFN2S. The van der Waals surface area contributed by atoms with E-state index in [9.17, 15) is 4.39 Å². The Morgan fingerprint density at radius 2 is 2.31 bits per heavy atom. The van der Waals surface area contributed by atoms with Gasteiger partial charge in [-0.25, -0.2) is 4.39 Å². The van der Waals surface area contributed by atoms with E-state index in [-0.39, 0.29) is 5.02 Å². The molecule has 0 bridgehead atoms. The zero-order chi connectivity index (χ0) is 11.9. The van der Waals surface area contributed by atoms with Crippen molar-refractivity contribution in [1.29, 1.82) is 0 Å². The van der Waals surface area contributed by atoms with Crippen LogP contribution in [0.25, 0.3) is 11.0 Å². The Morgan fingerprint density at radius 1 is 1.62 bits per heavy atom. The number of hydrogen-bond acceptors (Lipinski definition) is 1. The average molecular weight is 322 g/mol. The van der Waals surface area contributed by atoms with Crippen molar-refractivity contribution >= 4 is 50.8 Å². The summed E-state index contributed by atoms with van der Waals surface area (Å²) in [5, 5.41) is 0.0791. The minimum atomic E-state index is -0.463. The molecule has 2 nitrogen and oxygen atoms in total. The third-order valence-corrected chi connectivity index (χ3v) is 3.01. The molecule has 0 aliphatic rings. The Morgan fingerprint density at radius 3 is 2.94 bits per heavy atom. The lowest BCUT2D eigenvalue weighted by Gasteiger charge is -2.03. The third-order valence-electron chi connectivity index (χ3n) is 2.15. The topological polar surface area (TPSA) is 20.7 Å². The zero-order valence-electron chi connectivity index (χ0n) is 8.06. The fraction of sp³-hybridized carbons (Fsp3) is 0.100. The van der Waals surface area contributed by atoms with Crippen molar-refractivity contribution in [2.24, 2.45) is 0 Å². The van der Waals surface area contributed by atoms with E-state index >= 15 is 0 Å². The molecule has 0 amide bonds. The standard InChI is InChI=1S/C10H7BrClFN2S/c1-5(11)4-15-9-2-6(12)7(13)3-8(9)14-10(15)16/h2-3H,1,4H2,(H,14,16). The second-order valence-corrected chi connectivity index (χ2v) is 5.23. The first-order chi connectivity index (χ1) is 7.49. The molecule has 6 heteroatoms. The molecule has 0 fully saturated rings. The van der Waals surface area contributed by atoms with Crippen molar-refractivity contribution in [3.63, 3.8) is 0 Å².